The molecule has 0 aromatic heterocycles. The molecule has 2 fully saturated rings. The number of aliphatic hydroxyl groups excluding tert-OH is 1. The Morgan fingerprint density at radius 1 is 1.37 bits per heavy atom. The van der Waals surface area contributed by atoms with Crippen molar-refractivity contribution in [3.05, 3.63) is 0 Å². The number of piperidine rings is 1. The van der Waals surface area contributed by atoms with Gasteiger partial charge in [0, 0.05) is 19.6 Å². The maximum absolute atomic E-state index is 12.2. The Balaban J connectivity index is 1.92. The molecular weight excluding hydrogens is 248 g/mol. The van der Waals surface area contributed by atoms with Gasteiger partial charge in [-0.05, 0) is 25.7 Å². The van der Waals surface area contributed by atoms with E-state index < -0.39 is 17.5 Å². The molecule has 2 rings (SSSR count). The zero-order chi connectivity index (χ0) is 14.0. The van der Waals surface area contributed by atoms with E-state index in [0.717, 1.165) is 0 Å². The second-order valence-electron chi connectivity index (χ2n) is 5.61. The first-order chi connectivity index (χ1) is 8.98. The third-order valence-corrected chi connectivity index (χ3v) is 4.57. The summed E-state index contributed by atoms with van der Waals surface area (Å²) in [6, 6.07) is -0.311. The molecule has 2 heterocycles. The first kappa shape index (κ1) is 14.3. The van der Waals surface area contributed by atoms with E-state index in [2.05, 4.69) is 5.32 Å². The maximum atomic E-state index is 12.2. The first-order valence-electron chi connectivity index (χ1n) is 6.92. The summed E-state index contributed by atoms with van der Waals surface area (Å²) in [4.78, 5) is 25.3. The minimum absolute atomic E-state index is 0.00774. The molecule has 0 bridgehead atoms. The third-order valence-electron chi connectivity index (χ3n) is 4.57. The molecule has 2 atom stereocenters. The zero-order valence-corrected chi connectivity index (χ0v) is 11.3. The van der Waals surface area contributed by atoms with Crippen molar-refractivity contribution in [2.45, 2.75) is 44.8 Å². The minimum Gasteiger partial charge on any atom is -0.481 e. The Labute approximate surface area is 112 Å². The van der Waals surface area contributed by atoms with E-state index in [1.165, 1.54) is 0 Å². The largest absolute Gasteiger partial charge is 0.481 e. The molecule has 0 radical (unpaired) electrons. The highest BCUT2D eigenvalue weighted by atomic mass is 16.4. The first-order valence-corrected chi connectivity index (χ1v) is 6.92. The van der Waals surface area contributed by atoms with Gasteiger partial charge in [0.15, 0.2) is 0 Å². The number of nitrogens with zero attached hydrogens (tertiary/aromatic N) is 1. The fourth-order valence-corrected chi connectivity index (χ4v) is 3.00. The van der Waals surface area contributed by atoms with E-state index in [-0.39, 0.29) is 11.9 Å². The summed E-state index contributed by atoms with van der Waals surface area (Å²) in [5.74, 6) is -0.761. The number of β-amino-alcohol motifs (C(OH)–C–C–N with tert-alkyl or cyclic N) is 1. The summed E-state index contributed by atoms with van der Waals surface area (Å²) in [6.45, 7) is 3.33. The monoisotopic (exact) mass is 270 g/mol. The van der Waals surface area contributed by atoms with E-state index in [4.69, 9.17) is 0 Å². The van der Waals surface area contributed by atoms with Gasteiger partial charge in [0.1, 0.15) is 0 Å². The van der Waals surface area contributed by atoms with Crippen molar-refractivity contribution in [2.75, 3.05) is 19.6 Å². The molecule has 108 valence electrons. The fraction of sp³-hybridized carbons (Fsp3) is 0.846. The summed E-state index contributed by atoms with van der Waals surface area (Å²) in [5, 5.41) is 21.7. The Morgan fingerprint density at radius 3 is 2.42 bits per heavy atom. The quantitative estimate of drug-likeness (QED) is 0.661. The van der Waals surface area contributed by atoms with Gasteiger partial charge < -0.3 is 20.4 Å². The van der Waals surface area contributed by atoms with Crippen molar-refractivity contribution >= 4 is 11.9 Å². The van der Waals surface area contributed by atoms with E-state index in [9.17, 15) is 19.8 Å². The number of carbonyl (C=O) groups excluding carboxylic acids is 1. The van der Waals surface area contributed by atoms with Crippen molar-refractivity contribution < 1.29 is 19.8 Å². The average molecular weight is 270 g/mol. The van der Waals surface area contributed by atoms with Crippen molar-refractivity contribution in [3.8, 4) is 0 Å². The Bertz CT molecular complexity index is 364. The van der Waals surface area contributed by atoms with Crippen LogP contribution in [0.1, 0.15) is 32.6 Å². The van der Waals surface area contributed by atoms with E-state index in [1.807, 2.05) is 6.92 Å². The van der Waals surface area contributed by atoms with Crippen molar-refractivity contribution in [3.63, 3.8) is 0 Å². The Morgan fingerprint density at radius 2 is 2.00 bits per heavy atom. The number of hydrogen-bond acceptors (Lipinski definition) is 4. The Kier molecular flexibility index (Phi) is 4.10. The van der Waals surface area contributed by atoms with E-state index >= 15 is 0 Å². The van der Waals surface area contributed by atoms with Crippen molar-refractivity contribution in [1.29, 1.82) is 0 Å². The van der Waals surface area contributed by atoms with Crippen LogP contribution in [0, 0.1) is 5.41 Å². The van der Waals surface area contributed by atoms with Crippen LogP contribution in [-0.4, -0.2) is 58.8 Å². The van der Waals surface area contributed by atoms with Crippen LogP contribution in [0.5, 0.6) is 0 Å². The van der Waals surface area contributed by atoms with Gasteiger partial charge in [0.2, 0.25) is 5.91 Å². The summed E-state index contributed by atoms with van der Waals surface area (Å²) in [5.41, 5.74) is -0.667. The highest BCUT2D eigenvalue weighted by Gasteiger charge is 2.42. The number of aliphatic hydroxyl groups is 1. The molecule has 19 heavy (non-hydrogen) atoms. The number of amides is 1. The number of carbonyl (C=O) groups is 2. The molecule has 0 aromatic carbocycles. The molecule has 6 heteroatoms. The highest BCUT2D eigenvalue weighted by molar-refractivity contribution is 5.83. The molecule has 2 aliphatic rings. The summed E-state index contributed by atoms with van der Waals surface area (Å²) in [6.07, 6.45) is 1.63. The van der Waals surface area contributed by atoms with Gasteiger partial charge in [-0.2, -0.15) is 0 Å². The molecule has 0 spiro atoms. The van der Waals surface area contributed by atoms with Crippen LogP contribution in [-0.2, 0) is 9.59 Å². The molecule has 2 saturated heterocycles. The van der Waals surface area contributed by atoms with Crippen molar-refractivity contribution in [2.24, 2.45) is 5.41 Å². The van der Waals surface area contributed by atoms with Gasteiger partial charge >= 0.3 is 5.97 Å². The molecule has 1 amide bonds. The lowest BCUT2D eigenvalue weighted by atomic mass is 9.76. The lowest BCUT2D eigenvalue weighted by molar-refractivity contribution is -0.155. The molecule has 0 aliphatic carbocycles. The van der Waals surface area contributed by atoms with Crippen LogP contribution in [0.3, 0.4) is 0 Å². The number of carboxylic acid groups (broad SMARTS) is 1. The molecular formula is C13H22N2O4. The SMILES string of the molecule is CCC1(C(=O)O)CCN(C(=O)C2CC(O)CN2)CC1. The van der Waals surface area contributed by atoms with Crippen molar-refractivity contribution in [1.82, 2.24) is 10.2 Å². The van der Waals surface area contributed by atoms with Gasteiger partial charge in [-0.15, -0.1) is 0 Å². The number of nitrogens with one attached hydrogen (secondary N) is 1. The second-order valence-corrected chi connectivity index (χ2v) is 5.61. The topological polar surface area (TPSA) is 89.9 Å². The maximum Gasteiger partial charge on any atom is 0.309 e. The molecule has 6 nitrogen and oxygen atoms in total. The molecule has 3 N–H and O–H groups in total. The number of likely N-dealkylation sites (tertiary alicyclic amines) is 1. The predicted octanol–water partition coefficient (Wildman–Crippen LogP) is -0.187. The summed E-state index contributed by atoms with van der Waals surface area (Å²) < 4.78 is 0. The number of carboxylic acids is 1. The van der Waals surface area contributed by atoms with Gasteiger partial charge in [-0.25, -0.2) is 0 Å². The van der Waals surface area contributed by atoms with Crippen LogP contribution < -0.4 is 5.32 Å². The molecule has 0 saturated carbocycles. The minimum atomic E-state index is -0.753. The van der Waals surface area contributed by atoms with Gasteiger partial charge in [0.25, 0.3) is 0 Å². The van der Waals surface area contributed by atoms with Gasteiger partial charge in [-0.3, -0.25) is 9.59 Å². The molecule has 2 unspecified atom stereocenters. The van der Waals surface area contributed by atoms with E-state index in [0.29, 0.717) is 45.3 Å². The van der Waals surface area contributed by atoms with E-state index in [1.54, 1.807) is 4.90 Å². The summed E-state index contributed by atoms with van der Waals surface area (Å²) in [7, 11) is 0. The predicted molar refractivity (Wildman–Crippen MR) is 68.6 cm³/mol. The number of aliphatic carboxylic acids is 1. The average Bonchev–Trinajstić information content (AvgIpc) is 2.84. The van der Waals surface area contributed by atoms with Crippen LogP contribution in [0.2, 0.25) is 0 Å². The molecule has 2 aliphatic heterocycles. The lowest BCUT2D eigenvalue weighted by Gasteiger charge is -2.39. The third kappa shape index (κ3) is 2.74. The second kappa shape index (κ2) is 5.46. The smallest absolute Gasteiger partial charge is 0.309 e. The van der Waals surface area contributed by atoms with Crippen LogP contribution in [0.4, 0.5) is 0 Å². The number of rotatable bonds is 3. The highest BCUT2D eigenvalue weighted by Crippen LogP contribution is 2.35. The lowest BCUT2D eigenvalue weighted by Crippen LogP contribution is -2.50. The van der Waals surface area contributed by atoms with Gasteiger partial charge in [-0.1, -0.05) is 6.92 Å². The fourth-order valence-electron chi connectivity index (χ4n) is 3.00. The summed E-state index contributed by atoms with van der Waals surface area (Å²) >= 11 is 0. The Hall–Kier alpha value is -1.14. The van der Waals surface area contributed by atoms with Crippen LogP contribution in [0.25, 0.3) is 0 Å². The normalized spacial score (nSPS) is 30.3. The van der Waals surface area contributed by atoms with Crippen LogP contribution in [0.15, 0.2) is 0 Å². The van der Waals surface area contributed by atoms with Crippen LogP contribution >= 0.6 is 0 Å². The standard InChI is InChI=1S/C13H22N2O4/c1-2-13(12(18)19)3-5-15(6-4-13)11(17)10-7-9(16)8-14-10/h9-10,14,16H,2-8H2,1H3,(H,18,19). The molecule has 0 aromatic rings. The zero-order valence-electron chi connectivity index (χ0n) is 11.3. The number of hydrogen-bond donors (Lipinski definition) is 3. The van der Waals surface area contributed by atoms with Gasteiger partial charge in [0.05, 0.1) is 17.6 Å².